The Balaban J connectivity index is 2.68. The number of nitrogens with two attached hydrogens (primary N) is 1. The van der Waals surface area contributed by atoms with Crippen molar-refractivity contribution in [3.63, 3.8) is 0 Å². The largest absolute Gasteiger partial charge is 0.329 e. The topological polar surface area (TPSA) is 63.4 Å². The van der Waals surface area contributed by atoms with E-state index in [2.05, 4.69) is 4.90 Å². The van der Waals surface area contributed by atoms with Gasteiger partial charge in [-0.25, -0.2) is 8.42 Å². The summed E-state index contributed by atoms with van der Waals surface area (Å²) in [5.41, 5.74) is 5.43. The molecule has 2 N–H and O–H groups in total. The van der Waals surface area contributed by atoms with Gasteiger partial charge in [0, 0.05) is 26.2 Å². The predicted octanol–water partition coefficient (Wildman–Crippen LogP) is -0.547. The second-order valence-corrected chi connectivity index (χ2v) is 6.55. The summed E-state index contributed by atoms with van der Waals surface area (Å²) in [7, 11) is -2.87. The summed E-state index contributed by atoms with van der Waals surface area (Å²) in [5.74, 6) is 0. The predicted molar refractivity (Wildman–Crippen MR) is 53.3 cm³/mol. The molecule has 5 heteroatoms. The molecule has 1 fully saturated rings. The molecule has 0 aromatic rings. The zero-order valence-electron chi connectivity index (χ0n) is 8.23. The highest BCUT2D eigenvalue weighted by atomic mass is 32.2. The number of sulfone groups is 1. The van der Waals surface area contributed by atoms with Crippen LogP contribution in [0.4, 0.5) is 0 Å². The van der Waals surface area contributed by atoms with Crippen molar-refractivity contribution in [1.29, 1.82) is 0 Å². The Bertz CT molecular complexity index is 245. The first-order chi connectivity index (χ1) is 5.98. The fourth-order valence-electron chi connectivity index (χ4n) is 1.77. The lowest BCUT2D eigenvalue weighted by atomic mass is 10.3. The van der Waals surface area contributed by atoms with Crippen molar-refractivity contribution in [3.8, 4) is 0 Å². The number of hydrogen-bond donors (Lipinski definition) is 1. The van der Waals surface area contributed by atoms with E-state index in [4.69, 9.17) is 5.73 Å². The van der Waals surface area contributed by atoms with E-state index < -0.39 is 9.84 Å². The second kappa shape index (κ2) is 3.94. The van der Waals surface area contributed by atoms with Crippen LogP contribution >= 0.6 is 0 Å². The molecule has 2 atom stereocenters. The molecule has 1 aliphatic heterocycles. The standard InChI is InChI=1S/C8H18N2O2S/c1-7-5-10(4-3-9)6-8(2)13(7,11)12/h7-8H,3-6,9H2,1-2H3. The molecule has 0 spiro atoms. The molecule has 0 bridgehead atoms. The van der Waals surface area contributed by atoms with Crippen LogP contribution in [0.15, 0.2) is 0 Å². The maximum atomic E-state index is 11.6. The minimum atomic E-state index is -2.87. The first-order valence-electron chi connectivity index (χ1n) is 4.63. The normalized spacial score (nSPS) is 34.7. The maximum Gasteiger partial charge on any atom is 0.157 e. The maximum absolute atomic E-state index is 11.6. The summed E-state index contributed by atoms with van der Waals surface area (Å²) >= 11 is 0. The Labute approximate surface area is 80.0 Å². The van der Waals surface area contributed by atoms with Crippen LogP contribution in [0.1, 0.15) is 13.8 Å². The van der Waals surface area contributed by atoms with Gasteiger partial charge in [-0.05, 0) is 13.8 Å². The minimum absolute atomic E-state index is 0.247. The van der Waals surface area contributed by atoms with Crippen molar-refractivity contribution in [1.82, 2.24) is 4.90 Å². The van der Waals surface area contributed by atoms with Gasteiger partial charge in [-0.2, -0.15) is 0 Å². The third-order valence-corrected chi connectivity index (χ3v) is 5.14. The van der Waals surface area contributed by atoms with E-state index in [0.29, 0.717) is 19.6 Å². The Kier molecular flexibility index (Phi) is 3.32. The highest BCUT2D eigenvalue weighted by Crippen LogP contribution is 2.17. The molecule has 4 nitrogen and oxygen atoms in total. The number of rotatable bonds is 2. The average molecular weight is 206 g/mol. The lowest BCUT2D eigenvalue weighted by molar-refractivity contribution is 0.268. The van der Waals surface area contributed by atoms with Crippen LogP contribution in [0, 0.1) is 0 Å². The third-order valence-electron chi connectivity index (χ3n) is 2.60. The summed E-state index contributed by atoms with van der Waals surface area (Å²) in [5, 5.41) is -0.495. The van der Waals surface area contributed by atoms with Gasteiger partial charge in [0.1, 0.15) is 0 Å². The van der Waals surface area contributed by atoms with Crippen LogP contribution in [0.25, 0.3) is 0 Å². The molecular formula is C8H18N2O2S. The Morgan fingerprint density at radius 1 is 1.31 bits per heavy atom. The van der Waals surface area contributed by atoms with Crippen molar-refractivity contribution in [2.24, 2.45) is 5.73 Å². The van der Waals surface area contributed by atoms with Gasteiger partial charge in [0.15, 0.2) is 9.84 Å². The summed E-state index contributed by atoms with van der Waals surface area (Å²) in [6.45, 7) is 6.19. The van der Waals surface area contributed by atoms with Crippen molar-refractivity contribution < 1.29 is 8.42 Å². The molecule has 78 valence electrons. The zero-order valence-corrected chi connectivity index (χ0v) is 9.05. The average Bonchev–Trinajstić information content (AvgIpc) is 2.02. The van der Waals surface area contributed by atoms with Crippen LogP contribution < -0.4 is 5.73 Å². The molecule has 0 saturated carbocycles. The third kappa shape index (κ3) is 2.21. The lowest BCUT2D eigenvalue weighted by Crippen LogP contribution is -2.51. The van der Waals surface area contributed by atoms with E-state index in [1.165, 1.54) is 0 Å². The van der Waals surface area contributed by atoms with Crippen molar-refractivity contribution in [2.75, 3.05) is 26.2 Å². The van der Waals surface area contributed by atoms with E-state index >= 15 is 0 Å². The molecule has 1 aliphatic rings. The van der Waals surface area contributed by atoms with Crippen molar-refractivity contribution in [3.05, 3.63) is 0 Å². The minimum Gasteiger partial charge on any atom is -0.329 e. The van der Waals surface area contributed by atoms with E-state index in [1.807, 2.05) is 0 Å². The van der Waals surface area contributed by atoms with E-state index in [0.717, 1.165) is 6.54 Å². The molecule has 1 rings (SSSR count). The molecular weight excluding hydrogens is 188 g/mol. The molecule has 1 saturated heterocycles. The van der Waals surface area contributed by atoms with Crippen LogP contribution in [0.2, 0.25) is 0 Å². The second-order valence-electron chi connectivity index (χ2n) is 3.76. The van der Waals surface area contributed by atoms with Gasteiger partial charge in [0.25, 0.3) is 0 Å². The van der Waals surface area contributed by atoms with Gasteiger partial charge in [0.05, 0.1) is 10.5 Å². The van der Waals surface area contributed by atoms with E-state index in [9.17, 15) is 8.42 Å². The summed E-state index contributed by atoms with van der Waals surface area (Å²) in [6.07, 6.45) is 0. The molecule has 0 aliphatic carbocycles. The first kappa shape index (κ1) is 10.9. The summed E-state index contributed by atoms with van der Waals surface area (Å²) in [4.78, 5) is 2.12. The fourth-order valence-corrected chi connectivity index (χ4v) is 3.40. The molecule has 0 amide bonds. The van der Waals surface area contributed by atoms with Gasteiger partial charge < -0.3 is 5.73 Å². The smallest absolute Gasteiger partial charge is 0.157 e. The van der Waals surface area contributed by atoms with Gasteiger partial charge in [-0.3, -0.25) is 4.90 Å². The molecule has 0 aromatic carbocycles. The zero-order chi connectivity index (χ0) is 10.1. The Morgan fingerprint density at radius 3 is 2.15 bits per heavy atom. The Morgan fingerprint density at radius 2 is 1.77 bits per heavy atom. The van der Waals surface area contributed by atoms with Crippen LogP contribution in [0.3, 0.4) is 0 Å². The highest BCUT2D eigenvalue weighted by Gasteiger charge is 2.35. The number of nitrogens with zero attached hydrogens (tertiary/aromatic N) is 1. The number of hydrogen-bond acceptors (Lipinski definition) is 4. The SMILES string of the molecule is CC1CN(CCN)CC(C)S1(=O)=O. The van der Waals surface area contributed by atoms with E-state index in [-0.39, 0.29) is 10.5 Å². The van der Waals surface area contributed by atoms with Gasteiger partial charge in [0.2, 0.25) is 0 Å². The summed E-state index contributed by atoms with van der Waals surface area (Å²) < 4.78 is 23.2. The van der Waals surface area contributed by atoms with Crippen molar-refractivity contribution in [2.45, 2.75) is 24.3 Å². The van der Waals surface area contributed by atoms with Crippen LogP contribution in [0.5, 0.6) is 0 Å². The first-order valence-corrected chi connectivity index (χ1v) is 6.24. The molecule has 13 heavy (non-hydrogen) atoms. The molecule has 0 aromatic heterocycles. The lowest BCUT2D eigenvalue weighted by Gasteiger charge is -2.34. The quantitative estimate of drug-likeness (QED) is 0.658. The Hall–Kier alpha value is -0.130. The van der Waals surface area contributed by atoms with Crippen LogP contribution in [-0.4, -0.2) is 50.0 Å². The molecule has 0 radical (unpaired) electrons. The van der Waals surface area contributed by atoms with Gasteiger partial charge in [-0.15, -0.1) is 0 Å². The van der Waals surface area contributed by atoms with Crippen molar-refractivity contribution >= 4 is 9.84 Å². The monoisotopic (exact) mass is 206 g/mol. The molecule has 1 heterocycles. The van der Waals surface area contributed by atoms with Crippen LogP contribution in [-0.2, 0) is 9.84 Å². The van der Waals surface area contributed by atoms with Gasteiger partial charge in [-0.1, -0.05) is 0 Å². The fraction of sp³-hybridized carbons (Fsp3) is 1.00. The molecule has 2 unspecified atom stereocenters. The van der Waals surface area contributed by atoms with Gasteiger partial charge >= 0.3 is 0 Å². The van der Waals surface area contributed by atoms with E-state index in [1.54, 1.807) is 13.8 Å². The highest BCUT2D eigenvalue weighted by molar-refractivity contribution is 7.92. The summed E-state index contributed by atoms with van der Waals surface area (Å²) in [6, 6.07) is 0.